The zero-order chi connectivity index (χ0) is 11.4. The van der Waals surface area contributed by atoms with E-state index in [0.717, 1.165) is 30.8 Å². The highest BCUT2D eigenvalue weighted by atomic mass is 16.1. The normalized spacial score (nSPS) is 20.3. The fraction of sp³-hybridized carbons (Fsp3) is 0.385. The van der Waals surface area contributed by atoms with Crippen LogP contribution >= 0.6 is 0 Å². The first-order valence-corrected chi connectivity index (χ1v) is 5.65. The average molecular weight is 216 g/mol. The van der Waals surface area contributed by atoms with E-state index in [9.17, 15) is 4.79 Å². The third-order valence-electron chi connectivity index (χ3n) is 2.88. The Hall–Kier alpha value is -1.48. The molecule has 0 saturated carbocycles. The lowest BCUT2D eigenvalue weighted by Crippen LogP contribution is -2.35. The van der Waals surface area contributed by atoms with Crippen molar-refractivity contribution in [3.05, 3.63) is 35.7 Å². The van der Waals surface area contributed by atoms with Crippen LogP contribution in [0.3, 0.4) is 0 Å². The molecule has 0 N–H and O–H groups in total. The molecule has 3 heteroatoms. The lowest BCUT2D eigenvalue weighted by atomic mass is 10.0. The maximum atomic E-state index is 11.7. The molecule has 84 valence electrons. The minimum absolute atomic E-state index is 0.272. The summed E-state index contributed by atoms with van der Waals surface area (Å²) in [6.07, 6.45) is 6.12. The summed E-state index contributed by atoms with van der Waals surface area (Å²) in [7, 11) is 0. The van der Waals surface area contributed by atoms with Crippen molar-refractivity contribution in [3.63, 3.8) is 0 Å². The molecular weight excluding hydrogens is 200 g/mol. The fourth-order valence-electron chi connectivity index (χ4n) is 1.89. The summed E-state index contributed by atoms with van der Waals surface area (Å²) < 4.78 is 0. The second-order valence-corrected chi connectivity index (χ2v) is 4.00. The Labute approximate surface area is 95.8 Å². The van der Waals surface area contributed by atoms with Gasteiger partial charge in [0.25, 0.3) is 0 Å². The van der Waals surface area contributed by atoms with Crippen molar-refractivity contribution in [1.82, 2.24) is 9.88 Å². The predicted molar refractivity (Wildman–Crippen MR) is 64.0 cm³/mol. The standard InChI is InChI=1S/C13H16N2O/c1-2-15-7-5-13(16)12(10-15)8-11-4-3-6-14-9-11/h3-4,6,8-9H,2,5,7,10H2,1H3/b12-8+. The van der Waals surface area contributed by atoms with Gasteiger partial charge in [-0.25, -0.2) is 0 Å². The van der Waals surface area contributed by atoms with Gasteiger partial charge in [0.1, 0.15) is 0 Å². The Balaban J connectivity index is 2.18. The molecule has 1 aliphatic rings. The van der Waals surface area contributed by atoms with E-state index >= 15 is 0 Å². The molecule has 0 aliphatic carbocycles. The van der Waals surface area contributed by atoms with Crippen molar-refractivity contribution in [3.8, 4) is 0 Å². The van der Waals surface area contributed by atoms with Crippen LogP contribution in [0, 0.1) is 0 Å². The first-order chi connectivity index (χ1) is 7.79. The quantitative estimate of drug-likeness (QED) is 0.706. The Morgan fingerprint density at radius 2 is 2.44 bits per heavy atom. The van der Waals surface area contributed by atoms with E-state index in [1.165, 1.54) is 0 Å². The lowest BCUT2D eigenvalue weighted by molar-refractivity contribution is -0.117. The first-order valence-electron chi connectivity index (χ1n) is 5.65. The first kappa shape index (κ1) is 11.0. The molecule has 2 heterocycles. The SMILES string of the molecule is CCN1CCC(=O)/C(=C/c2cccnc2)C1. The number of hydrogen-bond donors (Lipinski definition) is 0. The summed E-state index contributed by atoms with van der Waals surface area (Å²) in [4.78, 5) is 18.1. The van der Waals surface area contributed by atoms with Gasteiger partial charge in [0, 0.05) is 37.5 Å². The summed E-state index contributed by atoms with van der Waals surface area (Å²) in [6.45, 7) is 4.78. The van der Waals surface area contributed by atoms with Gasteiger partial charge >= 0.3 is 0 Å². The van der Waals surface area contributed by atoms with Gasteiger partial charge < -0.3 is 0 Å². The molecule has 1 aromatic rings. The zero-order valence-electron chi connectivity index (χ0n) is 9.52. The van der Waals surface area contributed by atoms with Gasteiger partial charge in [0.05, 0.1) is 0 Å². The van der Waals surface area contributed by atoms with E-state index in [4.69, 9.17) is 0 Å². The zero-order valence-corrected chi connectivity index (χ0v) is 9.52. The van der Waals surface area contributed by atoms with Gasteiger partial charge in [-0.3, -0.25) is 14.7 Å². The van der Waals surface area contributed by atoms with Crippen molar-refractivity contribution in [2.45, 2.75) is 13.3 Å². The lowest BCUT2D eigenvalue weighted by Gasteiger charge is -2.26. The second-order valence-electron chi connectivity index (χ2n) is 4.00. The largest absolute Gasteiger partial charge is 0.299 e. The maximum Gasteiger partial charge on any atom is 0.161 e. The highest BCUT2D eigenvalue weighted by Gasteiger charge is 2.19. The Bertz CT molecular complexity index is 398. The van der Waals surface area contributed by atoms with Gasteiger partial charge in [-0.15, -0.1) is 0 Å². The van der Waals surface area contributed by atoms with Gasteiger partial charge in [0.2, 0.25) is 0 Å². The van der Waals surface area contributed by atoms with Gasteiger partial charge in [-0.05, 0) is 24.3 Å². The van der Waals surface area contributed by atoms with Crippen molar-refractivity contribution in [1.29, 1.82) is 0 Å². The minimum Gasteiger partial charge on any atom is -0.299 e. The number of Topliss-reactive ketones (excluding diaryl/α,β-unsaturated/α-hetero) is 1. The predicted octanol–water partition coefficient (Wildman–Crippen LogP) is 1.76. The molecule has 1 fully saturated rings. The van der Waals surface area contributed by atoms with Gasteiger partial charge in [0.15, 0.2) is 5.78 Å². The molecule has 0 aromatic carbocycles. The summed E-state index contributed by atoms with van der Waals surface area (Å²) in [5.41, 5.74) is 1.91. The molecule has 1 aliphatic heterocycles. The van der Waals surface area contributed by atoms with Crippen molar-refractivity contribution in [2.24, 2.45) is 0 Å². The summed E-state index contributed by atoms with van der Waals surface area (Å²) >= 11 is 0. The molecule has 1 aromatic heterocycles. The molecule has 16 heavy (non-hydrogen) atoms. The highest BCUT2D eigenvalue weighted by molar-refractivity contribution is 6.00. The van der Waals surface area contributed by atoms with Crippen LogP contribution in [0.4, 0.5) is 0 Å². The molecular formula is C13H16N2O. The van der Waals surface area contributed by atoms with Gasteiger partial charge in [-0.1, -0.05) is 13.0 Å². The van der Waals surface area contributed by atoms with E-state index in [1.54, 1.807) is 12.4 Å². The molecule has 0 amide bonds. The van der Waals surface area contributed by atoms with E-state index in [1.807, 2.05) is 18.2 Å². The third-order valence-corrected chi connectivity index (χ3v) is 2.88. The Morgan fingerprint density at radius 3 is 3.12 bits per heavy atom. The summed E-state index contributed by atoms with van der Waals surface area (Å²) in [5, 5.41) is 0. The number of aromatic nitrogens is 1. The molecule has 2 rings (SSSR count). The molecule has 3 nitrogen and oxygen atoms in total. The minimum atomic E-state index is 0.272. The molecule has 0 bridgehead atoms. The number of pyridine rings is 1. The van der Waals surface area contributed by atoms with Crippen LogP contribution in [0.1, 0.15) is 18.9 Å². The summed E-state index contributed by atoms with van der Waals surface area (Å²) in [5.74, 6) is 0.272. The Morgan fingerprint density at radius 1 is 1.56 bits per heavy atom. The van der Waals surface area contributed by atoms with E-state index in [2.05, 4.69) is 16.8 Å². The van der Waals surface area contributed by atoms with Crippen molar-refractivity contribution >= 4 is 11.9 Å². The number of nitrogens with zero attached hydrogens (tertiary/aromatic N) is 2. The van der Waals surface area contributed by atoms with Gasteiger partial charge in [-0.2, -0.15) is 0 Å². The Kier molecular flexibility index (Phi) is 3.47. The molecule has 0 radical (unpaired) electrons. The molecule has 0 atom stereocenters. The third kappa shape index (κ3) is 2.55. The number of carbonyl (C=O) groups is 1. The topological polar surface area (TPSA) is 33.2 Å². The monoisotopic (exact) mass is 216 g/mol. The van der Waals surface area contributed by atoms with Crippen molar-refractivity contribution in [2.75, 3.05) is 19.6 Å². The van der Waals surface area contributed by atoms with Crippen LogP contribution in [0.25, 0.3) is 6.08 Å². The molecule has 0 spiro atoms. The highest BCUT2D eigenvalue weighted by Crippen LogP contribution is 2.15. The van der Waals surface area contributed by atoms with E-state index in [0.29, 0.717) is 6.42 Å². The smallest absolute Gasteiger partial charge is 0.161 e. The maximum absolute atomic E-state index is 11.7. The number of hydrogen-bond acceptors (Lipinski definition) is 3. The molecule has 1 saturated heterocycles. The number of piperidine rings is 1. The number of likely N-dealkylation sites (N-methyl/N-ethyl adjacent to an activating group) is 1. The van der Waals surface area contributed by atoms with Crippen LogP contribution in [-0.4, -0.2) is 35.3 Å². The van der Waals surface area contributed by atoms with Crippen LogP contribution in [0.5, 0.6) is 0 Å². The van der Waals surface area contributed by atoms with Crippen LogP contribution in [0.2, 0.25) is 0 Å². The van der Waals surface area contributed by atoms with E-state index in [-0.39, 0.29) is 5.78 Å². The second kappa shape index (κ2) is 5.03. The van der Waals surface area contributed by atoms with Crippen LogP contribution < -0.4 is 0 Å². The van der Waals surface area contributed by atoms with Crippen molar-refractivity contribution < 1.29 is 4.79 Å². The van der Waals surface area contributed by atoms with Crippen LogP contribution in [-0.2, 0) is 4.79 Å². The molecule has 0 unspecified atom stereocenters. The number of rotatable bonds is 2. The van der Waals surface area contributed by atoms with E-state index < -0.39 is 0 Å². The van der Waals surface area contributed by atoms with Crippen LogP contribution in [0.15, 0.2) is 30.1 Å². The average Bonchev–Trinajstić information content (AvgIpc) is 2.33. The fourth-order valence-corrected chi connectivity index (χ4v) is 1.89. The summed E-state index contributed by atoms with van der Waals surface area (Å²) in [6, 6.07) is 3.86. The number of carbonyl (C=O) groups excluding carboxylic acids is 1. The number of likely N-dealkylation sites (tertiary alicyclic amines) is 1. The number of ketones is 1.